The van der Waals surface area contributed by atoms with Gasteiger partial charge in [0.1, 0.15) is 6.67 Å². The van der Waals surface area contributed by atoms with E-state index < -0.39 is 5.91 Å². The van der Waals surface area contributed by atoms with Crippen LogP contribution in [0.5, 0.6) is 0 Å². The van der Waals surface area contributed by atoms with Gasteiger partial charge in [-0.15, -0.1) is 0 Å². The Morgan fingerprint density at radius 1 is 1.04 bits per heavy atom. The molecule has 1 aliphatic rings. The van der Waals surface area contributed by atoms with Crippen LogP contribution < -0.4 is 10.6 Å². The molecule has 0 aliphatic carbocycles. The molecule has 0 atom stereocenters. The van der Waals surface area contributed by atoms with E-state index >= 15 is 0 Å². The first-order valence-electron chi connectivity index (χ1n) is 8.21. The molecule has 0 saturated carbocycles. The molecular formula is C19H18ClN3O3. The Labute approximate surface area is 156 Å². The number of nitrogens with zero attached hydrogens (tertiary/aromatic N) is 2. The zero-order valence-electron chi connectivity index (χ0n) is 14.0. The number of nitrogens with two attached hydrogens (primary N) is 1. The molecule has 0 unspecified atom stereocenters. The molecule has 0 bridgehead atoms. The maximum absolute atomic E-state index is 13.0. The van der Waals surface area contributed by atoms with Crippen LogP contribution in [-0.2, 0) is 4.79 Å². The van der Waals surface area contributed by atoms with Crippen LogP contribution in [0.25, 0.3) is 0 Å². The number of halogens is 1. The second-order valence-corrected chi connectivity index (χ2v) is 6.49. The van der Waals surface area contributed by atoms with Gasteiger partial charge in [-0.25, -0.2) is 0 Å². The molecule has 2 aromatic carbocycles. The van der Waals surface area contributed by atoms with E-state index in [1.54, 1.807) is 53.4 Å². The van der Waals surface area contributed by atoms with Crippen molar-refractivity contribution in [2.75, 3.05) is 18.1 Å². The molecule has 1 heterocycles. The second-order valence-electron chi connectivity index (χ2n) is 6.05. The highest BCUT2D eigenvalue weighted by Crippen LogP contribution is 2.21. The van der Waals surface area contributed by atoms with Crippen LogP contribution in [-0.4, -0.2) is 35.8 Å². The van der Waals surface area contributed by atoms with Gasteiger partial charge in [0, 0.05) is 34.8 Å². The molecule has 2 N–H and O–H groups in total. The largest absolute Gasteiger partial charge is 0.366 e. The van der Waals surface area contributed by atoms with Gasteiger partial charge in [0.05, 0.1) is 0 Å². The number of carbonyl (C=O) groups excluding carboxylic acids is 3. The Balaban J connectivity index is 1.92. The third kappa shape index (κ3) is 3.86. The van der Waals surface area contributed by atoms with Crippen molar-refractivity contribution in [2.45, 2.75) is 12.8 Å². The molecule has 2 aromatic rings. The Morgan fingerprint density at radius 2 is 1.65 bits per heavy atom. The van der Waals surface area contributed by atoms with E-state index in [4.69, 9.17) is 17.3 Å². The lowest BCUT2D eigenvalue weighted by molar-refractivity contribution is -0.127. The maximum Gasteiger partial charge on any atom is 0.259 e. The van der Waals surface area contributed by atoms with Crippen LogP contribution in [0, 0.1) is 0 Å². The van der Waals surface area contributed by atoms with Crippen molar-refractivity contribution in [2.24, 2.45) is 5.73 Å². The predicted molar refractivity (Wildman–Crippen MR) is 99.0 cm³/mol. The Morgan fingerprint density at radius 3 is 2.19 bits per heavy atom. The molecular weight excluding hydrogens is 354 g/mol. The zero-order valence-corrected chi connectivity index (χ0v) is 14.8. The van der Waals surface area contributed by atoms with Gasteiger partial charge in [-0.05, 0) is 55.0 Å². The van der Waals surface area contributed by atoms with Gasteiger partial charge in [-0.2, -0.15) is 0 Å². The van der Waals surface area contributed by atoms with Crippen LogP contribution in [0.4, 0.5) is 5.69 Å². The summed E-state index contributed by atoms with van der Waals surface area (Å²) in [6, 6.07) is 13.0. The first-order valence-corrected chi connectivity index (χ1v) is 8.58. The van der Waals surface area contributed by atoms with E-state index in [0.29, 0.717) is 34.8 Å². The van der Waals surface area contributed by atoms with Gasteiger partial charge in [0.25, 0.3) is 5.91 Å². The third-order valence-electron chi connectivity index (χ3n) is 4.28. The summed E-state index contributed by atoms with van der Waals surface area (Å²) in [5.74, 6) is -0.775. The summed E-state index contributed by atoms with van der Waals surface area (Å²) >= 11 is 5.90. The van der Waals surface area contributed by atoms with Gasteiger partial charge in [-0.3, -0.25) is 19.3 Å². The van der Waals surface area contributed by atoms with E-state index in [0.717, 1.165) is 6.42 Å². The van der Waals surface area contributed by atoms with Crippen LogP contribution in [0.3, 0.4) is 0 Å². The first kappa shape index (κ1) is 17.9. The van der Waals surface area contributed by atoms with E-state index in [-0.39, 0.29) is 18.5 Å². The molecule has 3 rings (SSSR count). The fraction of sp³-hybridized carbons (Fsp3) is 0.211. The van der Waals surface area contributed by atoms with Crippen LogP contribution >= 0.6 is 11.6 Å². The molecule has 1 aliphatic heterocycles. The van der Waals surface area contributed by atoms with E-state index in [1.807, 2.05) is 0 Å². The normalized spacial score (nSPS) is 13.7. The average Bonchev–Trinajstić information content (AvgIpc) is 3.04. The summed E-state index contributed by atoms with van der Waals surface area (Å²) in [5.41, 5.74) is 6.66. The van der Waals surface area contributed by atoms with Gasteiger partial charge >= 0.3 is 0 Å². The van der Waals surface area contributed by atoms with Gasteiger partial charge in [0.2, 0.25) is 11.8 Å². The number of primary amides is 1. The average molecular weight is 372 g/mol. The molecule has 134 valence electrons. The van der Waals surface area contributed by atoms with Crippen molar-refractivity contribution < 1.29 is 14.4 Å². The Bertz CT molecular complexity index is 834. The van der Waals surface area contributed by atoms with E-state index in [2.05, 4.69) is 0 Å². The van der Waals surface area contributed by atoms with Crippen molar-refractivity contribution >= 4 is 35.0 Å². The molecule has 0 radical (unpaired) electrons. The summed E-state index contributed by atoms with van der Waals surface area (Å²) < 4.78 is 0. The lowest BCUT2D eigenvalue weighted by atomic mass is 10.1. The van der Waals surface area contributed by atoms with Gasteiger partial charge < -0.3 is 10.6 Å². The summed E-state index contributed by atoms with van der Waals surface area (Å²) in [4.78, 5) is 39.4. The summed E-state index contributed by atoms with van der Waals surface area (Å²) in [5, 5.41) is 0.536. The highest BCUT2D eigenvalue weighted by atomic mass is 35.5. The molecule has 26 heavy (non-hydrogen) atoms. The Hall–Kier alpha value is -2.86. The first-order chi connectivity index (χ1) is 12.5. The number of benzene rings is 2. The fourth-order valence-electron chi connectivity index (χ4n) is 2.84. The second kappa shape index (κ2) is 7.58. The predicted octanol–water partition coefficient (Wildman–Crippen LogP) is 2.67. The zero-order chi connectivity index (χ0) is 18.7. The lowest BCUT2D eigenvalue weighted by Gasteiger charge is -2.28. The van der Waals surface area contributed by atoms with Crippen molar-refractivity contribution in [1.29, 1.82) is 0 Å². The quantitative estimate of drug-likeness (QED) is 0.876. The standard InChI is InChI=1S/C19H18ClN3O3/c20-15-7-3-14(4-8-15)19(26)23(12-22-11-1-2-17(22)24)16-9-5-13(6-10-16)18(21)25/h3-10H,1-2,11-12H2,(H2,21,25). The molecule has 7 heteroatoms. The number of hydrogen-bond donors (Lipinski definition) is 1. The van der Waals surface area contributed by atoms with E-state index in [1.165, 1.54) is 4.90 Å². The number of amides is 3. The summed E-state index contributed by atoms with van der Waals surface area (Å²) in [7, 11) is 0. The van der Waals surface area contributed by atoms with Crippen molar-refractivity contribution in [3.63, 3.8) is 0 Å². The molecule has 0 aromatic heterocycles. The number of likely N-dealkylation sites (tertiary alicyclic amines) is 1. The lowest BCUT2D eigenvalue weighted by Crippen LogP contribution is -2.42. The van der Waals surface area contributed by atoms with Gasteiger partial charge in [-0.1, -0.05) is 11.6 Å². The minimum absolute atomic E-state index is 0.0210. The highest BCUT2D eigenvalue weighted by Gasteiger charge is 2.26. The van der Waals surface area contributed by atoms with Crippen molar-refractivity contribution in [1.82, 2.24) is 4.90 Å². The molecule has 6 nitrogen and oxygen atoms in total. The van der Waals surface area contributed by atoms with Crippen LogP contribution in [0.15, 0.2) is 48.5 Å². The van der Waals surface area contributed by atoms with Crippen molar-refractivity contribution in [3.05, 3.63) is 64.7 Å². The van der Waals surface area contributed by atoms with Gasteiger partial charge in [0.15, 0.2) is 0 Å². The number of hydrogen-bond acceptors (Lipinski definition) is 3. The molecule has 1 saturated heterocycles. The fourth-order valence-corrected chi connectivity index (χ4v) is 2.97. The molecule has 1 fully saturated rings. The number of rotatable bonds is 5. The van der Waals surface area contributed by atoms with Crippen LogP contribution in [0.1, 0.15) is 33.6 Å². The molecule has 0 spiro atoms. The van der Waals surface area contributed by atoms with E-state index in [9.17, 15) is 14.4 Å². The third-order valence-corrected chi connectivity index (χ3v) is 4.54. The highest BCUT2D eigenvalue weighted by molar-refractivity contribution is 6.30. The van der Waals surface area contributed by atoms with Crippen molar-refractivity contribution in [3.8, 4) is 0 Å². The molecule has 3 amide bonds. The minimum Gasteiger partial charge on any atom is -0.366 e. The SMILES string of the molecule is NC(=O)c1ccc(N(CN2CCCC2=O)C(=O)c2ccc(Cl)cc2)cc1. The Kier molecular flexibility index (Phi) is 5.23. The maximum atomic E-state index is 13.0. The summed E-state index contributed by atoms with van der Waals surface area (Å²) in [6.07, 6.45) is 1.27. The smallest absolute Gasteiger partial charge is 0.259 e. The minimum atomic E-state index is -0.540. The van der Waals surface area contributed by atoms with Crippen LogP contribution in [0.2, 0.25) is 5.02 Å². The number of carbonyl (C=O) groups is 3. The monoisotopic (exact) mass is 371 g/mol. The summed E-state index contributed by atoms with van der Waals surface area (Å²) in [6.45, 7) is 0.763. The topological polar surface area (TPSA) is 83.7 Å². The number of anilines is 1.